The van der Waals surface area contributed by atoms with Crippen LogP contribution in [0.4, 0.5) is 0 Å². The predicted molar refractivity (Wildman–Crippen MR) is 55.4 cm³/mol. The van der Waals surface area contributed by atoms with Gasteiger partial charge in [0.2, 0.25) is 0 Å². The Kier molecular flexibility index (Phi) is 5.12. The number of esters is 1. The van der Waals surface area contributed by atoms with Crippen molar-refractivity contribution in [3.8, 4) is 0 Å². The van der Waals surface area contributed by atoms with Crippen LogP contribution in [0.25, 0.3) is 0 Å². The third-order valence-corrected chi connectivity index (χ3v) is 2.14. The van der Waals surface area contributed by atoms with Crippen molar-refractivity contribution in [2.45, 2.75) is 44.0 Å². The van der Waals surface area contributed by atoms with Crippen molar-refractivity contribution in [1.82, 2.24) is 0 Å². The highest BCUT2D eigenvalue weighted by Crippen LogP contribution is 2.13. The van der Waals surface area contributed by atoms with E-state index in [0.29, 0.717) is 0 Å². The molecule has 14 heavy (non-hydrogen) atoms. The summed E-state index contributed by atoms with van der Waals surface area (Å²) in [7, 11) is 0. The van der Waals surface area contributed by atoms with Crippen molar-refractivity contribution in [3.63, 3.8) is 0 Å². The normalized spacial score (nSPS) is 13.4. The lowest BCUT2D eigenvalue weighted by Gasteiger charge is -2.19. The molecule has 4 nitrogen and oxygen atoms in total. The molecule has 0 aliphatic rings. The van der Waals surface area contributed by atoms with Gasteiger partial charge in [0.25, 0.3) is 0 Å². The molecule has 1 N–H and O–H groups in total. The van der Waals surface area contributed by atoms with E-state index >= 15 is 0 Å². The molecule has 0 spiro atoms. The molecule has 0 aliphatic carbocycles. The van der Waals surface area contributed by atoms with Crippen LogP contribution in [0.3, 0.4) is 0 Å². The molecule has 0 amide bonds. The number of carboxylic acids is 1. The van der Waals surface area contributed by atoms with Gasteiger partial charge in [-0.2, -0.15) is 0 Å². The number of carboxylic acid groups (broad SMARTS) is 1. The molecule has 0 saturated heterocycles. The Morgan fingerprint density at radius 3 is 2.29 bits per heavy atom. The van der Waals surface area contributed by atoms with Gasteiger partial charge in [0.15, 0.2) is 0 Å². The third-order valence-electron chi connectivity index (χ3n) is 1.29. The Balaban J connectivity index is 3.81. The molecule has 0 fully saturated rings. The van der Waals surface area contributed by atoms with Gasteiger partial charge in [0.05, 0.1) is 0 Å². The minimum Gasteiger partial charge on any atom is -0.480 e. The number of hydrogen-bond acceptors (Lipinski definition) is 3. The highest BCUT2D eigenvalue weighted by Gasteiger charge is 2.19. The number of halogens is 1. The Bertz CT molecular complexity index is 219. The van der Waals surface area contributed by atoms with Crippen molar-refractivity contribution in [3.05, 3.63) is 0 Å². The molecule has 0 heterocycles. The maximum atomic E-state index is 11.1. The first-order valence-electron chi connectivity index (χ1n) is 4.31. The zero-order chi connectivity index (χ0) is 11.4. The van der Waals surface area contributed by atoms with Gasteiger partial charge in [0.1, 0.15) is 10.4 Å². The van der Waals surface area contributed by atoms with E-state index in [2.05, 4.69) is 15.9 Å². The van der Waals surface area contributed by atoms with Gasteiger partial charge in [-0.15, -0.1) is 0 Å². The van der Waals surface area contributed by atoms with Crippen LogP contribution in [0.5, 0.6) is 0 Å². The highest BCUT2D eigenvalue weighted by molar-refractivity contribution is 9.10. The average molecular weight is 267 g/mol. The van der Waals surface area contributed by atoms with Gasteiger partial charge in [0, 0.05) is 6.42 Å². The summed E-state index contributed by atoms with van der Waals surface area (Å²) in [5.41, 5.74) is -0.512. The number of alkyl halides is 1. The fourth-order valence-corrected chi connectivity index (χ4v) is 0.990. The van der Waals surface area contributed by atoms with Gasteiger partial charge in [-0.05, 0) is 27.2 Å². The van der Waals surface area contributed by atoms with E-state index in [0.717, 1.165) is 0 Å². The van der Waals surface area contributed by atoms with E-state index in [1.807, 2.05) is 0 Å². The monoisotopic (exact) mass is 266 g/mol. The fourth-order valence-electron chi connectivity index (χ4n) is 0.761. The van der Waals surface area contributed by atoms with Crippen LogP contribution < -0.4 is 0 Å². The molecule has 0 radical (unpaired) electrons. The molecular weight excluding hydrogens is 252 g/mol. The molecule has 1 atom stereocenters. The van der Waals surface area contributed by atoms with E-state index < -0.39 is 16.4 Å². The summed E-state index contributed by atoms with van der Waals surface area (Å²) in [5.74, 6) is -1.34. The number of carbonyl (C=O) groups is 2. The van der Waals surface area contributed by atoms with E-state index in [1.54, 1.807) is 20.8 Å². The van der Waals surface area contributed by atoms with Crippen LogP contribution in [0.1, 0.15) is 33.6 Å². The summed E-state index contributed by atoms with van der Waals surface area (Å²) in [4.78, 5) is 20.9. The topological polar surface area (TPSA) is 63.6 Å². The van der Waals surface area contributed by atoms with Crippen LogP contribution in [-0.2, 0) is 14.3 Å². The maximum absolute atomic E-state index is 11.1. The molecule has 0 bridgehead atoms. The number of rotatable bonds is 4. The van der Waals surface area contributed by atoms with Crippen LogP contribution >= 0.6 is 15.9 Å². The van der Waals surface area contributed by atoms with Crippen LogP contribution in [0.2, 0.25) is 0 Å². The second-order valence-electron chi connectivity index (χ2n) is 3.93. The number of carbonyl (C=O) groups excluding carboxylic acids is 1. The minimum absolute atomic E-state index is 0.111. The highest BCUT2D eigenvalue weighted by atomic mass is 79.9. The maximum Gasteiger partial charge on any atom is 0.317 e. The lowest BCUT2D eigenvalue weighted by atomic mass is 10.2. The third kappa shape index (κ3) is 6.88. The smallest absolute Gasteiger partial charge is 0.317 e. The standard InChI is InChI=1S/C9H15BrO4/c1-9(2,3)14-7(11)5-4-6(10)8(12)13/h6H,4-5H2,1-3H3,(H,12,13)/t6-/m0/s1. The molecule has 0 unspecified atom stereocenters. The molecule has 0 aromatic rings. The average Bonchev–Trinajstić information content (AvgIpc) is 1.96. The summed E-state index contributed by atoms with van der Waals surface area (Å²) in [5, 5.41) is 8.53. The van der Waals surface area contributed by atoms with E-state index in [9.17, 15) is 9.59 Å². The van der Waals surface area contributed by atoms with Crippen LogP contribution in [0, 0.1) is 0 Å². The predicted octanol–water partition coefficient (Wildman–Crippen LogP) is 1.96. The Morgan fingerprint density at radius 1 is 1.43 bits per heavy atom. The zero-order valence-corrected chi connectivity index (χ0v) is 10.1. The quantitative estimate of drug-likeness (QED) is 0.624. The molecule has 0 aliphatic heterocycles. The lowest BCUT2D eigenvalue weighted by molar-refractivity contribution is -0.154. The first kappa shape index (κ1) is 13.4. The largest absolute Gasteiger partial charge is 0.480 e. The van der Waals surface area contributed by atoms with Gasteiger partial charge in [-0.1, -0.05) is 15.9 Å². The summed E-state index contributed by atoms with van der Waals surface area (Å²) in [6.07, 6.45) is 0.351. The van der Waals surface area contributed by atoms with E-state index in [1.165, 1.54) is 0 Å². The van der Waals surface area contributed by atoms with Gasteiger partial charge >= 0.3 is 11.9 Å². The van der Waals surface area contributed by atoms with Gasteiger partial charge in [-0.25, -0.2) is 0 Å². The van der Waals surface area contributed by atoms with Crippen LogP contribution in [-0.4, -0.2) is 27.5 Å². The molecule has 0 aromatic heterocycles. The molecular formula is C9H15BrO4. The SMILES string of the molecule is CC(C)(C)OC(=O)CC[C@H](Br)C(=O)O. The van der Waals surface area contributed by atoms with Gasteiger partial charge in [-0.3, -0.25) is 9.59 Å². The number of aliphatic carboxylic acids is 1. The summed E-state index contributed by atoms with van der Waals surface area (Å²) in [6, 6.07) is 0. The minimum atomic E-state index is -0.964. The summed E-state index contributed by atoms with van der Waals surface area (Å²) < 4.78 is 5.02. The first-order chi connectivity index (χ1) is 6.22. The number of ether oxygens (including phenoxy) is 1. The van der Waals surface area contributed by atoms with Gasteiger partial charge < -0.3 is 9.84 Å². The van der Waals surface area contributed by atoms with Crippen molar-refractivity contribution in [2.24, 2.45) is 0 Å². The second-order valence-corrected chi connectivity index (χ2v) is 5.04. The molecule has 82 valence electrons. The Hall–Kier alpha value is -0.580. The molecule has 5 heteroatoms. The summed E-state index contributed by atoms with van der Waals surface area (Å²) in [6.45, 7) is 5.31. The molecule has 0 saturated carbocycles. The van der Waals surface area contributed by atoms with Crippen molar-refractivity contribution >= 4 is 27.9 Å². The first-order valence-corrected chi connectivity index (χ1v) is 5.22. The Morgan fingerprint density at radius 2 is 1.93 bits per heavy atom. The Labute approximate surface area is 91.8 Å². The molecule has 0 aromatic carbocycles. The van der Waals surface area contributed by atoms with E-state index in [-0.39, 0.29) is 18.8 Å². The van der Waals surface area contributed by atoms with Crippen LogP contribution in [0.15, 0.2) is 0 Å². The molecule has 0 rings (SSSR count). The lowest BCUT2D eigenvalue weighted by Crippen LogP contribution is -2.24. The number of hydrogen-bond donors (Lipinski definition) is 1. The fraction of sp³-hybridized carbons (Fsp3) is 0.778. The van der Waals surface area contributed by atoms with Crippen molar-refractivity contribution < 1.29 is 19.4 Å². The zero-order valence-electron chi connectivity index (χ0n) is 8.54. The van der Waals surface area contributed by atoms with Crippen molar-refractivity contribution in [1.29, 1.82) is 0 Å². The summed E-state index contributed by atoms with van der Waals surface area (Å²) >= 11 is 2.94. The van der Waals surface area contributed by atoms with Crippen molar-refractivity contribution in [2.75, 3.05) is 0 Å². The van der Waals surface area contributed by atoms with E-state index in [4.69, 9.17) is 9.84 Å². The second kappa shape index (κ2) is 5.34.